The Morgan fingerprint density at radius 2 is 1.22 bits per heavy atom. The molecule has 2 aliphatic rings. The predicted octanol–water partition coefficient (Wildman–Crippen LogP) is 7.77. The molecule has 0 spiro atoms. The summed E-state index contributed by atoms with van der Waals surface area (Å²) in [6, 6.07) is 29.7. The van der Waals surface area contributed by atoms with Crippen LogP contribution in [0.5, 0.6) is 0 Å². The van der Waals surface area contributed by atoms with Crippen molar-refractivity contribution in [3.05, 3.63) is 108 Å². The molecule has 5 atom stereocenters. The maximum absolute atomic E-state index is 13.3. The van der Waals surface area contributed by atoms with E-state index < -0.39 is 42.5 Å². The summed E-state index contributed by atoms with van der Waals surface area (Å²) in [6.45, 7) is 6.55. The van der Waals surface area contributed by atoms with Crippen molar-refractivity contribution >= 4 is 6.16 Å². The molecule has 8 nitrogen and oxygen atoms in total. The van der Waals surface area contributed by atoms with Gasteiger partial charge in [0.05, 0.1) is 32.5 Å². The molecule has 1 saturated carbocycles. The first-order chi connectivity index (χ1) is 22.3. The minimum Gasteiger partial charge on any atom is -0.429 e. The third-order valence-corrected chi connectivity index (χ3v) is 8.06. The number of carbonyl (C=O) groups excluding carboxylic acids is 1. The van der Waals surface area contributed by atoms with Crippen molar-refractivity contribution in [2.45, 2.75) is 115 Å². The third kappa shape index (κ3) is 10.6. The van der Waals surface area contributed by atoms with Crippen LogP contribution < -0.4 is 0 Å². The fourth-order valence-corrected chi connectivity index (χ4v) is 5.81. The molecule has 0 radical (unpaired) electrons. The van der Waals surface area contributed by atoms with Gasteiger partial charge >= 0.3 is 6.16 Å². The van der Waals surface area contributed by atoms with Crippen LogP contribution in [0.2, 0.25) is 0 Å². The highest BCUT2D eigenvalue weighted by Crippen LogP contribution is 2.34. The Kier molecular flexibility index (Phi) is 12.6. The maximum atomic E-state index is 13.3. The summed E-state index contributed by atoms with van der Waals surface area (Å²) >= 11 is 0. The summed E-state index contributed by atoms with van der Waals surface area (Å²) in [5.74, 6) is 0. The lowest BCUT2D eigenvalue weighted by atomic mass is 9.96. The quantitative estimate of drug-likeness (QED) is 0.177. The number of benzene rings is 3. The van der Waals surface area contributed by atoms with E-state index in [9.17, 15) is 4.79 Å². The van der Waals surface area contributed by atoms with E-state index in [4.69, 9.17) is 33.2 Å². The van der Waals surface area contributed by atoms with Gasteiger partial charge in [0.25, 0.3) is 0 Å². The van der Waals surface area contributed by atoms with Crippen LogP contribution in [0.15, 0.2) is 91.0 Å². The molecule has 0 amide bonds. The average molecular weight is 633 g/mol. The summed E-state index contributed by atoms with van der Waals surface area (Å²) < 4.78 is 44.5. The molecule has 3 aromatic carbocycles. The molecular weight excluding hydrogens is 584 g/mol. The van der Waals surface area contributed by atoms with Crippen LogP contribution in [-0.2, 0) is 53.0 Å². The van der Waals surface area contributed by atoms with Gasteiger partial charge in [-0.05, 0) is 50.3 Å². The molecular formula is C38H48O8. The molecule has 2 fully saturated rings. The first kappa shape index (κ1) is 34.1. The summed E-state index contributed by atoms with van der Waals surface area (Å²) in [7, 11) is 0. The number of ether oxygens (including phenoxy) is 7. The van der Waals surface area contributed by atoms with E-state index in [-0.39, 0.29) is 25.9 Å². The number of hydrogen-bond donors (Lipinski definition) is 0. The lowest BCUT2D eigenvalue weighted by molar-refractivity contribution is -0.331. The van der Waals surface area contributed by atoms with Gasteiger partial charge in [-0.1, -0.05) is 110 Å². The van der Waals surface area contributed by atoms with Crippen LogP contribution in [0.4, 0.5) is 4.79 Å². The summed E-state index contributed by atoms with van der Waals surface area (Å²) in [6.07, 6.45) is 0.580. The third-order valence-electron chi connectivity index (χ3n) is 8.06. The van der Waals surface area contributed by atoms with Crippen LogP contribution in [0.1, 0.15) is 69.6 Å². The van der Waals surface area contributed by atoms with Gasteiger partial charge in [-0.25, -0.2) is 4.79 Å². The highest BCUT2D eigenvalue weighted by Gasteiger charge is 2.51. The van der Waals surface area contributed by atoms with Crippen LogP contribution in [0.3, 0.4) is 0 Å². The summed E-state index contributed by atoms with van der Waals surface area (Å²) in [5, 5.41) is 0. The van der Waals surface area contributed by atoms with Crippen molar-refractivity contribution in [2.24, 2.45) is 0 Å². The molecule has 5 rings (SSSR count). The van der Waals surface area contributed by atoms with Crippen LogP contribution in [-0.4, -0.2) is 55.2 Å². The van der Waals surface area contributed by atoms with E-state index in [1.54, 1.807) is 20.8 Å². The molecule has 1 aliphatic carbocycles. The molecule has 1 aliphatic heterocycles. The molecule has 46 heavy (non-hydrogen) atoms. The van der Waals surface area contributed by atoms with Gasteiger partial charge in [0, 0.05) is 0 Å². The van der Waals surface area contributed by atoms with Gasteiger partial charge in [-0.2, -0.15) is 0 Å². The van der Waals surface area contributed by atoms with Crippen LogP contribution in [0, 0.1) is 0 Å². The van der Waals surface area contributed by atoms with E-state index in [1.165, 1.54) is 6.42 Å². The minimum absolute atomic E-state index is 0.0106. The fourth-order valence-electron chi connectivity index (χ4n) is 5.81. The Bertz CT molecular complexity index is 1290. The Morgan fingerprint density at radius 1 is 0.696 bits per heavy atom. The molecule has 0 bridgehead atoms. The molecule has 0 unspecified atom stereocenters. The average Bonchev–Trinajstić information content (AvgIpc) is 3.05. The highest BCUT2D eigenvalue weighted by molar-refractivity contribution is 5.61. The number of carbonyl (C=O) groups is 1. The van der Waals surface area contributed by atoms with E-state index in [1.807, 2.05) is 91.0 Å². The Balaban J connectivity index is 1.45. The van der Waals surface area contributed by atoms with Gasteiger partial charge in [0.15, 0.2) is 12.4 Å². The highest BCUT2D eigenvalue weighted by atomic mass is 16.8. The lowest BCUT2D eigenvalue weighted by Crippen LogP contribution is -2.62. The van der Waals surface area contributed by atoms with Gasteiger partial charge in [-0.15, -0.1) is 0 Å². The van der Waals surface area contributed by atoms with Crippen molar-refractivity contribution in [1.29, 1.82) is 0 Å². The van der Waals surface area contributed by atoms with Crippen molar-refractivity contribution in [3.8, 4) is 0 Å². The standard InChI is InChI=1S/C38H48O8/c1-38(2,3)46-37(39)45-34-33(41-25-29-18-10-5-11-19-29)32(27-40-24-28-16-8-4-9-17-28)44-36(43-31-22-14-7-15-23-31)35(34)42-26-30-20-12-6-13-21-30/h4-6,8-13,16-21,31-36H,7,14-15,22-27H2,1-3H3/t32-,33-,34-,35-,36-/m1/s1. The first-order valence-corrected chi connectivity index (χ1v) is 16.5. The zero-order chi connectivity index (χ0) is 32.2. The lowest BCUT2D eigenvalue weighted by Gasteiger charge is -2.46. The molecule has 1 heterocycles. The molecule has 0 N–H and O–H groups in total. The van der Waals surface area contributed by atoms with Crippen molar-refractivity contribution in [2.75, 3.05) is 6.61 Å². The van der Waals surface area contributed by atoms with Gasteiger partial charge in [-0.3, -0.25) is 0 Å². The van der Waals surface area contributed by atoms with Crippen molar-refractivity contribution in [3.63, 3.8) is 0 Å². The Morgan fingerprint density at radius 3 is 1.76 bits per heavy atom. The Hall–Kier alpha value is -3.27. The van der Waals surface area contributed by atoms with Crippen LogP contribution in [0.25, 0.3) is 0 Å². The first-order valence-electron chi connectivity index (χ1n) is 16.5. The topological polar surface area (TPSA) is 81.7 Å². The smallest absolute Gasteiger partial charge is 0.429 e. The second-order valence-electron chi connectivity index (χ2n) is 13.0. The summed E-state index contributed by atoms with van der Waals surface area (Å²) in [4.78, 5) is 13.3. The molecule has 8 heteroatoms. The molecule has 3 aromatic rings. The minimum atomic E-state index is -0.907. The zero-order valence-corrected chi connectivity index (χ0v) is 27.3. The monoisotopic (exact) mass is 632 g/mol. The van der Waals surface area contributed by atoms with Crippen LogP contribution >= 0.6 is 0 Å². The maximum Gasteiger partial charge on any atom is 0.509 e. The normalized spacial score (nSPS) is 23.9. The van der Waals surface area contributed by atoms with E-state index >= 15 is 0 Å². The van der Waals surface area contributed by atoms with E-state index in [0.29, 0.717) is 6.61 Å². The fraction of sp³-hybridized carbons (Fsp3) is 0.500. The van der Waals surface area contributed by atoms with Gasteiger partial charge in [0.1, 0.15) is 23.9 Å². The van der Waals surface area contributed by atoms with Gasteiger partial charge in [0.2, 0.25) is 0 Å². The second kappa shape index (κ2) is 17.0. The van der Waals surface area contributed by atoms with E-state index in [0.717, 1.165) is 42.4 Å². The molecule has 248 valence electrons. The van der Waals surface area contributed by atoms with Crippen molar-refractivity contribution < 1.29 is 38.0 Å². The number of hydrogen-bond acceptors (Lipinski definition) is 8. The van der Waals surface area contributed by atoms with E-state index in [2.05, 4.69) is 0 Å². The molecule has 0 aromatic heterocycles. The second-order valence-corrected chi connectivity index (χ2v) is 13.0. The van der Waals surface area contributed by atoms with Crippen molar-refractivity contribution in [1.82, 2.24) is 0 Å². The number of rotatable bonds is 13. The summed E-state index contributed by atoms with van der Waals surface area (Å²) in [5.41, 5.74) is 2.25. The Labute approximate surface area is 273 Å². The van der Waals surface area contributed by atoms with Gasteiger partial charge < -0.3 is 33.2 Å². The zero-order valence-electron chi connectivity index (χ0n) is 27.3. The largest absolute Gasteiger partial charge is 0.509 e. The molecule has 1 saturated heterocycles. The SMILES string of the molecule is CC(C)(C)OC(=O)O[C@H]1[C@@H](OCc2ccccc2)[C@H](OC2CCCCC2)O[C@H](COCc2ccccc2)[C@H]1OCc1ccccc1. The predicted molar refractivity (Wildman–Crippen MR) is 174 cm³/mol.